The predicted octanol–water partition coefficient (Wildman–Crippen LogP) is 2.53. The van der Waals surface area contributed by atoms with E-state index in [9.17, 15) is 9.59 Å². The molecule has 1 heterocycles. The number of carbonyl (C=O) groups is 2. The van der Waals surface area contributed by atoms with E-state index < -0.39 is 0 Å². The molecule has 0 aromatic heterocycles. The molecule has 2 fully saturated rings. The van der Waals surface area contributed by atoms with Gasteiger partial charge in [0, 0.05) is 26.0 Å². The van der Waals surface area contributed by atoms with Crippen molar-refractivity contribution in [1.29, 1.82) is 0 Å². The van der Waals surface area contributed by atoms with E-state index >= 15 is 0 Å². The van der Waals surface area contributed by atoms with Crippen LogP contribution in [0.4, 0.5) is 0 Å². The van der Waals surface area contributed by atoms with Gasteiger partial charge < -0.3 is 14.4 Å². The summed E-state index contributed by atoms with van der Waals surface area (Å²) in [5.74, 6) is 0.0322. The Morgan fingerprint density at radius 3 is 2.77 bits per heavy atom. The molecular weight excluding hydrogens is 282 g/mol. The van der Waals surface area contributed by atoms with Crippen molar-refractivity contribution in [2.45, 2.75) is 70.4 Å². The smallest absolute Gasteiger partial charge is 0.306 e. The lowest BCUT2D eigenvalue weighted by Crippen LogP contribution is -2.50. The topological polar surface area (TPSA) is 55.8 Å². The van der Waals surface area contributed by atoms with Gasteiger partial charge in [-0.1, -0.05) is 26.2 Å². The molecule has 0 radical (unpaired) electrons. The summed E-state index contributed by atoms with van der Waals surface area (Å²) in [5, 5.41) is 0. The number of unbranched alkanes of at least 4 members (excludes halogenated alkanes) is 1. The Morgan fingerprint density at radius 1 is 1.36 bits per heavy atom. The molecule has 1 aliphatic heterocycles. The standard InChI is InChI=1S/C17H29NO4/c1-3-4-9-18(14-7-5-6-8-15(14)21-2)16(19)10-13-11-17(20)22-12-13/h13-15H,3-12H2,1-2H3/t13?,14-,15-/m1/s1. The lowest BCUT2D eigenvalue weighted by molar-refractivity contribution is -0.139. The van der Waals surface area contributed by atoms with Crippen LogP contribution in [0, 0.1) is 5.92 Å². The van der Waals surface area contributed by atoms with Crippen LogP contribution >= 0.6 is 0 Å². The van der Waals surface area contributed by atoms with Gasteiger partial charge in [-0.15, -0.1) is 0 Å². The van der Waals surface area contributed by atoms with Crippen LogP contribution in [0.3, 0.4) is 0 Å². The van der Waals surface area contributed by atoms with Crippen LogP contribution in [-0.4, -0.2) is 49.2 Å². The van der Waals surface area contributed by atoms with E-state index in [1.165, 1.54) is 6.42 Å². The first-order valence-electron chi connectivity index (χ1n) is 8.63. The predicted molar refractivity (Wildman–Crippen MR) is 83.4 cm³/mol. The molecular formula is C17H29NO4. The number of methoxy groups -OCH3 is 1. The highest BCUT2D eigenvalue weighted by Gasteiger charge is 2.35. The number of nitrogens with zero attached hydrogens (tertiary/aromatic N) is 1. The molecule has 3 atom stereocenters. The van der Waals surface area contributed by atoms with Gasteiger partial charge in [-0.3, -0.25) is 9.59 Å². The van der Waals surface area contributed by atoms with Gasteiger partial charge in [0.15, 0.2) is 0 Å². The molecule has 0 aromatic rings. The largest absolute Gasteiger partial charge is 0.465 e. The minimum Gasteiger partial charge on any atom is -0.465 e. The molecule has 2 rings (SSSR count). The van der Waals surface area contributed by atoms with E-state index in [4.69, 9.17) is 9.47 Å². The maximum atomic E-state index is 12.8. The summed E-state index contributed by atoms with van der Waals surface area (Å²) >= 11 is 0. The van der Waals surface area contributed by atoms with Gasteiger partial charge in [0.2, 0.25) is 5.91 Å². The first-order chi connectivity index (χ1) is 10.7. The molecule has 1 unspecified atom stereocenters. The van der Waals surface area contributed by atoms with E-state index in [1.807, 2.05) is 4.90 Å². The molecule has 1 aliphatic carbocycles. The van der Waals surface area contributed by atoms with Gasteiger partial charge in [0.1, 0.15) is 0 Å². The number of carbonyl (C=O) groups excluding carboxylic acids is 2. The van der Waals surface area contributed by atoms with E-state index in [2.05, 4.69) is 6.92 Å². The molecule has 0 spiro atoms. The Morgan fingerprint density at radius 2 is 2.14 bits per heavy atom. The summed E-state index contributed by atoms with van der Waals surface area (Å²) < 4.78 is 10.6. The molecule has 126 valence electrons. The zero-order valence-electron chi connectivity index (χ0n) is 13.9. The zero-order valence-corrected chi connectivity index (χ0v) is 13.9. The first kappa shape index (κ1) is 17.3. The van der Waals surface area contributed by atoms with Gasteiger partial charge in [0.25, 0.3) is 0 Å². The summed E-state index contributed by atoms with van der Waals surface area (Å²) in [5.41, 5.74) is 0. The number of ether oxygens (including phenoxy) is 2. The highest BCUT2D eigenvalue weighted by molar-refractivity contribution is 5.79. The molecule has 1 amide bonds. The second kappa shape index (κ2) is 8.51. The van der Waals surface area contributed by atoms with Crippen molar-refractivity contribution in [2.24, 2.45) is 5.92 Å². The third kappa shape index (κ3) is 4.45. The molecule has 22 heavy (non-hydrogen) atoms. The van der Waals surface area contributed by atoms with Gasteiger partial charge in [0.05, 0.1) is 25.2 Å². The molecule has 5 heteroatoms. The Labute approximate surface area is 133 Å². The first-order valence-corrected chi connectivity index (χ1v) is 8.63. The Bertz CT molecular complexity index is 385. The number of amides is 1. The molecule has 0 aromatic carbocycles. The SMILES string of the molecule is CCCCN(C(=O)CC1COC(=O)C1)[C@@H]1CCCC[C@H]1OC. The zero-order chi connectivity index (χ0) is 15.9. The fraction of sp³-hybridized carbons (Fsp3) is 0.882. The van der Waals surface area contributed by atoms with Crippen molar-refractivity contribution >= 4 is 11.9 Å². The fourth-order valence-corrected chi connectivity index (χ4v) is 3.57. The van der Waals surface area contributed by atoms with E-state index in [1.54, 1.807) is 7.11 Å². The minimum atomic E-state index is -0.176. The Hall–Kier alpha value is -1.10. The third-order valence-corrected chi connectivity index (χ3v) is 4.84. The monoisotopic (exact) mass is 311 g/mol. The lowest BCUT2D eigenvalue weighted by atomic mass is 9.90. The summed E-state index contributed by atoms with van der Waals surface area (Å²) in [6.07, 6.45) is 7.42. The second-order valence-corrected chi connectivity index (χ2v) is 6.52. The number of esters is 1. The molecule has 1 saturated heterocycles. The van der Waals surface area contributed by atoms with Crippen LogP contribution in [0.2, 0.25) is 0 Å². The number of cyclic esters (lactones) is 1. The summed E-state index contributed by atoms with van der Waals surface area (Å²) in [6, 6.07) is 0.191. The normalized spacial score (nSPS) is 28.5. The lowest BCUT2D eigenvalue weighted by Gasteiger charge is -2.39. The maximum Gasteiger partial charge on any atom is 0.306 e. The second-order valence-electron chi connectivity index (χ2n) is 6.52. The number of hydrogen-bond donors (Lipinski definition) is 0. The van der Waals surface area contributed by atoms with E-state index in [0.717, 1.165) is 38.6 Å². The average Bonchev–Trinajstić information content (AvgIpc) is 2.93. The van der Waals surface area contributed by atoms with Gasteiger partial charge in [-0.2, -0.15) is 0 Å². The van der Waals surface area contributed by atoms with Crippen molar-refractivity contribution in [1.82, 2.24) is 4.90 Å². The highest BCUT2D eigenvalue weighted by atomic mass is 16.5. The van der Waals surface area contributed by atoms with Crippen LogP contribution in [0.1, 0.15) is 58.3 Å². The fourth-order valence-electron chi connectivity index (χ4n) is 3.57. The Balaban J connectivity index is 2.00. The van der Waals surface area contributed by atoms with Crippen LogP contribution in [0.25, 0.3) is 0 Å². The number of hydrogen-bond acceptors (Lipinski definition) is 4. The quantitative estimate of drug-likeness (QED) is 0.678. The van der Waals surface area contributed by atoms with Gasteiger partial charge >= 0.3 is 5.97 Å². The van der Waals surface area contributed by atoms with Crippen molar-refractivity contribution in [3.8, 4) is 0 Å². The van der Waals surface area contributed by atoms with Gasteiger partial charge in [-0.25, -0.2) is 0 Å². The average molecular weight is 311 g/mol. The molecule has 1 saturated carbocycles. The van der Waals surface area contributed by atoms with Crippen LogP contribution < -0.4 is 0 Å². The molecule has 5 nitrogen and oxygen atoms in total. The van der Waals surface area contributed by atoms with Crippen LogP contribution in [-0.2, 0) is 19.1 Å². The molecule has 0 N–H and O–H groups in total. The molecule has 0 bridgehead atoms. The highest BCUT2D eigenvalue weighted by Crippen LogP contribution is 2.28. The van der Waals surface area contributed by atoms with E-state index in [-0.39, 0.29) is 29.9 Å². The van der Waals surface area contributed by atoms with Crippen molar-refractivity contribution in [2.75, 3.05) is 20.3 Å². The van der Waals surface area contributed by atoms with E-state index in [0.29, 0.717) is 19.4 Å². The number of rotatable bonds is 7. The third-order valence-electron chi connectivity index (χ3n) is 4.84. The van der Waals surface area contributed by atoms with Crippen LogP contribution in [0.5, 0.6) is 0 Å². The minimum absolute atomic E-state index is 0.0497. The molecule has 2 aliphatic rings. The van der Waals surface area contributed by atoms with Crippen molar-refractivity contribution in [3.63, 3.8) is 0 Å². The van der Waals surface area contributed by atoms with Crippen molar-refractivity contribution in [3.05, 3.63) is 0 Å². The maximum absolute atomic E-state index is 12.8. The summed E-state index contributed by atoms with van der Waals surface area (Å²) in [6.45, 7) is 3.33. The van der Waals surface area contributed by atoms with Gasteiger partial charge in [-0.05, 0) is 19.3 Å². The summed E-state index contributed by atoms with van der Waals surface area (Å²) in [7, 11) is 1.74. The summed E-state index contributed by atoms with van der Waals surface area (Å²) in [4.78, 5) is 26.0. The Kier molecular flexibility index (Phi) is 6.68. The van der Waals surface area contributed by atoms with Crippen molar-refractivity contribution < 1.29 is 19.1 Å². The van der Waals surface area contributed by atoms with Crippen LogP contribution in [0.15, 0.2) is 0 Å².